The second-order valence-electron chi connectivity index (χ2n) is 12.6. The van der Waals surface area contributed by atoms with Crippen LogP contribution in [-0.2, 0) is 4.79 Å². The molecule has 3 aromatic rings. The third kappa shape index (κ3) is 12.2. The number of fused-ring (bicyclic) bond motifs is 1. The fraction of sp³-hybridized carbons (Fsp3) is 0.575. The zero-order valence-electron chi connectivity index (χ0n) is 30.2. The minimum atomic E-state index is 0.231. The van der Waals surface area contributed by atoms with Gasteiger partial charge in [-0.3, -0.25) is 14.8 Å². The van der Waals surface area contributed by atoms with Gasteiger partial charge in [0.05, 0.1) is 11.2 Å². The molecule has 4 heteroatoms. The highest BCUT2D eigenvalue weighted by atomic mass is 16.1. The number of carbonyl (C=O) groups is 1. The molecule has 0 N–H and O–H groups in total. The Morgan fingerprint density at radius 1 is 0.932 bits per heavy atom. The molecule has 4 nitrogen and oxygen atoms in total. The maximum atomic E-state index is 10.7. The summed E-state index contributed by atoms with van der Waals surface area (Å²) in [5, 5.41) is 1.25. The summed E-state index contributed by atoms with van der Waals surface area (Å²) in [5.74, 6) is 1.85. The van der Waals surface area contributed by atoms with E-state index < -0.39 is 0 Å². The van der Waals surface area contributed by atoms with Crippen molar-refractivity contribution in [3.63, 3.8) is 0 Å². The largest absolute Gasteiger partial charge is 0.344 e. The topological polar surface area (TPSA) is 47.2 Å². The van der Waals surface area contributed by atoms with E-state index in [9.17, 15) is 4.79 Å². The van der Waals surface area contributed by atoms with Crippen molar-refractivity contribution in [3.05, 3.63) is 65.6 Å². The smallest absolute Gasteiger partial charge is 0.135 e. The number of rotatable bonds is 13. The standard InChI is InChI=1S/C20H30N2.C13H19N.C7H14O/c1-6-9-11-18-16(5)21-14-17-12-13-22(20(17)18)19(8-3)15(4)10-7-2;1-5-12(10(2)3)14-13-9-7-6-8-11(13)4;1-4-5-7(8)6(2)3/h9,11-15,19H,6-8,10H2,1-5H3;6-10H,5H2,1-4H3;6H,4-5H2,1-3H3/b11-9-;;. The van der Waals surface area contributed by atoms with E-state index in [-0.39, 0.29) is 5.92 Å². The van der Waals surface area contributed by atoms with Gasteiger partial charge in [0.15, 0.2) is 0 Å². The number of para-hydroxylation sites is 1. The van der Waals surface area contributed by atoms with Crippen molar-refractivity contribution in [1.29, 1.82) is 0 Å². The maximum absolute atomic E-state index is 10.7. The van der Waals surface area contributed by atoms with Crippen molar-refractivity contribution in [2.75, 3.05) is 0 Å². The van der Waals surface area contributed by atoms with Crippen molar-refractivity contribution < 1.29 is 4.79 Å². The first-order chi connectivity index (χ1) is 21.0. The molecule has 0 spiro atoms. The average Bonchev–Trinajstić information content (AvgIpc) is 3.41. The third-order valence-corrected chi connectivity index (χ3v) is 8.23. The molecule has 3 rings (SSSR count). The van der Waals surface area contributed by atoms with E-state index in [0.29, 0.717) is 23.7 Å². The van der Waals surface area contributed by atoms with E-state index in [4.69, 9.17) is 4.99 Å². The van der Waals surface area contributed by atoms with Gasteiger partial charge in [0.1, 0.15) is 5.78 Å². The molecule has 244 valence electrons. The molecule has 0 saturated carbocycles. The van der Waals surface area contributed by atoms with Crippen LogP contribution < -0.4 is 0 Å². The predicted octanol–water partition coefficient (Wildman–Crippen LogP) is 12.3. The number of pyridine rings is 1. The Kier molecular flexibility index (Phi) is 18.5. The highest BCUT2D eigenvalue weighted by Crippen LogP contribution is 2.32. The molecule has 0 aliphatic rings. The molecule has 0 amide bonds. The van der Waals surface area contributed by atoms with Crippen molar-refractivity contribution in [2.45, 2.75) is 134 Å². The number of allylic oxidation sites excluding steroid dienone is 1. The fourth-order valence-corrected chi connectivity index (χ4v) is 5.50. The van der Waals surface area contributed by atoms with Crippen LogP contribution in [0.2, 0.25) is 0 Å². The van der Waals surface area contributed by atoms with Gasteiger partial charge < -0.3 is 4.57 Å². The Balaban J connectivity index is 0.000000375. The summed E-state index contributed by atoms with van der Waals surface area (Å²) >= 11 is 0. The van der Waals surface area contributed by atoms with Crippen LogP contribution in [0.3, 0.4) is 0 Å². The first kappa shape index (κ1) is 39.0. The van der Waals surface area contributed by atoms with Crippen molar-refractivity contribution in [2.24, 2.45) is 22.7 Å². The molecule has 0 aliphatic carbocycles. The van der Waals surface area contributed by atoms with E-state index >= 15 is 0 Å². The molecule has 0 saturated heterocycles. The molecule has 2 atom stereocenters. The van der Waals surface area contributed by atoms with Gasteiger partial charge in [-0.25, -0.2) is 0 Å². The van der Waals surface area contributed by atoms with Crippen LogP contribution >= 0.6 is 0 Å². The van der Waals surface area contributed by atoms with Crippen LogP contribution in [0.1, 0.15) is 137 Å². The fourth-order valence-electron chi connectivity index (χ4n) is 5.50. The van der Waals surface area contributed by atoms with Gasteiger partial charge in [0, 0.05) is 53.1 Å². The lowest BCUT2D eigenvalue weighted by Gasteiger charge is -2.26. The first-order valence-electron chi connectivity index (χ1n) is 17.2. The van der Waals surface area contributed by atoms with Gasteiger partial charge >= 0.3 is 0 Å². The zero-order chi connectivity index (χ0) is 33.2. The quantitative estimate of drug-likeness (QED) is 0.183. The first-order valence-corrected chi connectivity index (χ1v) is 17.2. The van der Waals surface area contributed by atoms with Crippen LogP contribution in [0.15, 0.2) is 53.8 Å². The summed E-state index contributed by atoms with van der Waals surface area (Å²) in [6, 6.07) is 11.1. The minimum Gasteiger partial charge on any atom is -0.344 e. The average molecular weight is 602 g/mol. The van der Waals surface area contributed by atoms with Gasteiger partial charge in [-0.15, -0.1) is 0 Å². The monoisotopic (exact) mass is 601 g/mol. The number of Topliss-reactive ketones (excluding diaryl/α,β-unsaturated/α-hetero) is 1. The van der Waals surface area contributed by atoms with E-state index in [1.165, 1.54) is 47.0 Å². The number of hydrogen-bond donors (Lipinski definition) is 0. The molecular formula is C40H63N3O. The summed E-state index contributed by atoms with van der Waals surface area (Å²) in [5.41, 5.74) is 7.39. The van der Waals surface area contributed by atoms with Crippen LogP contribution in [0, 0.1) is 31.6 Å². The van der Waals surface area contributed by atoms with Crippen LogP contribution in [0.5, 0.6) is 0 Å². The lowest BCUT2D eigenvalue weighted by atomic mass is 9.94. The Labute approximate surface area is 270 Å². The lowest BCUT2D eigenvalue weighted by Crippen LogP contribution is -2.16. The molecule has 0 radical (unpaired) electrons. The molecule has 0 fully saturated rings. The second kappa shape index (κ2) is 20.9. The van der Waals surface area contributed by atoms with Crippen molar-refractivity contribution in [1.82, 2.24) is 9.55 Å². The molecule has 0 bridgehead atoms. The number of aromatic nitrogens is 2. The summed E-state index contributed by atoms with van der Waals surface area (Å²) in [6.07, 6.45) is 16.3. The van der Waals surface area contributed by atoms with Crippen LogP contribution in [-0.4, -0.2) is 21.0 Å². The van der Waals surface area contributed by atoms with Gasteiger partial charge in [-0.05, 0) is 75.5 Å². The number of carbonyl (C=O) groups excluding carboxylic acids is 1. The SMILES string of the molecule is CC/C=C\c1c(C)ncc2ccn(C(CC)C(C)CCC)c12.CCC(=Nc1ccccc1C)C(C)C.CCCC(=O)C(C)C. The normalized spacial score (nSPS) is 13.1. The number of aryl methyl sites for hydroxylation is 2. The highest BCUT2D eigenvalue weighted by molar-refractivity contribution is 5.89. The summed E-state index contributed by atoms with van der Waals surface area (Å²) in [7, 11) is 0. The summed E-state index contributed by atoms with van der Waals surface area (Å²) in [6.45, 7) is 25.8. The van der Waals surface area contributed by atoms with Crippen LogP contribution in [0.25, 0.3) is 17.0 Å². The summed E-state index contributed by atoms with van der Waals surface area (Å²) < 4.78 is 2.50. The van der Waals surface area contributed by atoms with Crippen LogP contribution in [0.4, 0.5) is 5.69 Å². The third-order valence-electron chi connectivity index (χ3n) is 8.23. The molecule has 2 aromatic heterocycles. The van der Waals surface area contributed by atoms with Crippen molar-refractivity contribution >= 4 is 34.2 Å². The number of aliphatic imine (C=N–C) groups is 1. The van der Waals surface area contributed by atoms with E-state index in [2.05, 4.69) is 114 Å². The molecule has 2 unspecified atom stereocenters. The maximum Gasteiger partial charge on any atom is 0.135 e. The predicted molar refractivity (Wildman–Crippen MR) is 195 cm³/mol. The Morgan fingerprint density at radius 2 is 1.61 bits per heavy atom. The lowest BCUT2D eigenvalue weighted by molar-refractivity contribution is -0.121. The molecule has 44 heavy (non-hydrogen) atoms. The van der Waals surface area contributed by atoms with E-state index in [1.54, 1.807) is 0 Å². The van der Waals surface area contributed by atoms with Gasteiger partial charge in [0.25, 0.3) is 0 Å². The van der Waals surface area contributed by atoms with E-state index in [0.717, 1.165) is 37.1 Å². The minimum absolute atomic E-state index is 0.231. The zero-order valence-corrected chi connectivity index (χ0v) is 30.2. The summed E-state index contributed by atoms with van der Waals surface area (Å²) in [4.78, 5) is 20.0. The Bertz CT molecular complexity index is 1310. The highest BCUT2D eigenvalue weighted by Gasteiger charge is 2.20. The van der Waals surface area contributed by atoms with E-state index in [1.807, 2.05) is 33.0 Å². The number of hydrogen-bond acceptors (Lipinski definition) is 3. The number of nitrogens with zero attached hydrogens (tertiary/aromatic N) is 3. The molecule has 0 aliphatic heterocycles. The van der Waals surface area contributed by atoms with Gasteiger partial charge in [-0.2, -0.15) is 0 Å². The molecular weight excluding hydrogens is 538 g/mol. The van der Waals surface area contributed by atoms with Gasteiger partial charge in [-0.1, -0.05) is 106 Å². The second-order valence-corrected chi connectivity index (χ2v) is 12.6. The molecule has 2 heterocycles. The van der Waals surface area contributed by atoms with Gasteiger partial charge in [0.2, 0.25) is 0 Å². The Hall–Kier alpha value is -3.01. The van der Waals surface area contributed by atoms with Crippen molar-refractivity contribution in [3.8, 4) is 0 Å². The number of ketones is 1. The Morgan fingerprint density at radius 3 is 2.11 bits per heavy atom. The number of benzene rings is 1. The molecule has 1 aromatic carbocycles.